The van der Waals surface area contributed by atoms with Gasteiger partial charge in [0.25, 0.3) is 5.91 Å². The summed E-state index contributed by atoms with van der Waals surface area (Å²) in [6.07, 6.45) is 0.863. The third-order valence-electron chi connectivity index (χ3n) is 2.77. The van der Waals surface area contributed by atoms with Crippen LogP contribution in [-0.4, -0.2) is 29.9 Å². The minimum absolute atomic E-state index is 0.00237. The average molecular weight is 215 g/mol. The van der Waals surface area contributed by atoms with Crippen LogP contribution in [0.3, 0.4) is 0 Å². The molecular formula is C12H13N3O. The summed E-state index contributed by atoms with van der Waals surface area (Å²) in [5.74, 6) is -0.00237. The van der Waals surface area contributed by atoms with Gasteiger partial charge in [0, 0.05) is 24.7 Å². The van der Waals surface area contributed by atoms with Gasteiger partial charge in [0.1, 0.15) is 0 Å². The highest BCUT2D eigenvalue weighted by molar-refractivity contribution is 5.94. The van der Waals surface area contributed by atoms with Crippen LogP contribution in [0.4, 0.5) is 0 Å². The van der Waals surface area contributed by atoms with Gasteiger partial charge in [-0.15, -0.1) is 0 Å². The normalized spacial score (nSPS) is 19.5. The molecule has 4 nitrogen and oxygen atoms in total. The Bertz CT molecular complexity index is 433. The van der Waals surface area contributed by atoms with Crippen LogP contribution in [-0.2, 0) is 0 Å². The Morgan fingerprint density at radius 2 is 2.12 bits per heavy atom. The number of nitriles is 1. The maximum Gasteiger partial charge on any atom is 0.253 e. The summed E-state index contributed by atoms with van der Waals surface area (Å²) in [6, 6.07) is 8.81. The molecule has 1 aromatic carbocycles. The second-order valence-corrected chi connectivity index (χ2v) is 3.99. The number of carbonyl (C=O) groups excluding carboxylic acids is 1. The molecule has 2 N–H and O–H groups in total. The summed E-state index contributed by atoms with van der Waals surface area (Å²) in [7, 11) is 0. The first-order valence-electron chi connectivity index (χ1n) is 5.25. The van der Waals surface area contributed by atoms with Gasteiger partial charge in [-0.2, -0.15) is 5.26 Å². The van der Waals surface area contributed by atoms with Crippen molar-refractivity contribution >= 4 is 5.91 Å². The zero-order chi connectivity index (χ0) is 11.5. The van der Waals surface area contributed by atoms with Crippen LogP contribution >= 0.6 is 0 Å². The van der Waals surface area contributed by atoms with Crippen molar-refractivity contribution in [2.75, 3.05) is 13.1 Å². The molecule has 16 heavy (non-hydrogen) atoms. The van der Waals surface area contributed by atoms with E-state index in [-0.39, 0.29) is 11.9 Å². The van der Waals surface area contributed by atoms with Crippen LogP contribution in [0.1, 0.15) is 22.3 Å². The quantitative estimate of drug-likeness (QED) is 0.750. The number of benzene rings is 1. The van der Waals surface area contributed by atoms with E-state index in [1.54, 1.807) is 29.2 Å². The average Bonchev–Trinajstić information content (AvgIpc) is 2.75. The minimum atomic E-state index is -0.00237. The third-order valence-corrected chi connectivity index (χ3v) is 2.77. The number of likely N-dealkylation sites (tertiary alicyclic amines) is 1. The van der Waals surface area contributed by atoms with Crippen molar-refractivity contribution in [3.05, 3.63) is 35.4 Å². The van der Waals surface area contributed by atoms with E-state index in [4.69, 9.17) is 11.0 Å². The number of carbonyl (C=O) groups is 1. The molecular weight excluding hydrogens is 202 g/mol. The first-order chi connectivity index (χ1) is 7.70. The molecule has 1 aliphatic rings. The standard InChI is InChI=1S/C12H13N3O/c13-7-9-1-3-10(4-2-9)12(16)15-6-5-11(14)8-15/h1-4,11H,5-6,8,14H2/t11-/m0/s1. The topological polar surface area (TPSA) is 70.1 Å². The summed E-state index contributed by atoms with van der Waals surface area (Å²) >= 11 is 0. The van der Waals surface area contributed by atoms with Crippen molar-refractivity contribution in [2.45, 2.75) is 12.5 Å². The van der Waals surface area contributed by atoms with Crippen LogP contribution in [0, 0.1) is 11.3 Å². The van der Waals surface area contributed by atoms with E-state index >= 15 is 0 Å². The Morgan fingerprint density at radius 3 is 2.62 bits per heavy atom. The first-order valence-corrected chi connectivity index (χ1v) is 5.25. The molecule has 0 aliphatic carbocycles. The summed E-state index contributed by atoms with van der Waals surface area (Å²) in [6.45, 7) is 1.35. The second kappa shape index (κ2) is 4.33. The van der Waals surface area contributed by atoms with Crippen molar-refractivity contribution in [1.82, 2.24) is 4.90 Å². The van der Waals surface area contributed by atoms with E-state index in [1.807, 2.05) is 6.07 Å². The van der Waals surface area contributed by atoms with Gasteiger partial charge >= 0.3 is 0 Å². The molecule has 1 saturated heterocycles. The number of nitrogens with zero attached hydrogens (tertiary/aromatic N) is 2. The molecule has 0 unspecified atom stereocenters. The molecule has 0 radical (unpaired) electrons. The largest absolute Gasteiger partial charge is 0.337 e. The molecule has 0 bridgehead atoms. The molecule has 4 heteroatoms. The monoisotopic (exact) mass is 215 g/mol. The van der Waals surface area contributed by atoms with E-state index in [9.17, 15) is 4.79 Å². The van der Waals surface area contributed by atoms with Crippen molar-refractivity contribution in [3.63, 3.8) is 0 Å². The van der Waals surface area contributed by atoms with Crippen molar-refractivity contribution in [3.8, 4) is 6.07 Å². The fourth-order valence-electron chi connectivity index (χ4n) is 1.84. The fraction of sp³-hybridized carbons (Fsp3) is 0.333. The minimum Gasteiger partial charge on any atom is -0.337 e. The van der Waals surface area contributed by atoms with Gasteiger partial charge in [-0.25, -0.2) is 0 Å². The van der Waals surface area contributed by atoms with E-state index in [2.05, 4.69) is 0 Å². The molecule has 82 valence electrons. The predicted molar refractivity (Wildman–Crippen MR) is 59.7 cm³/mol. The maximum atomic E-state index is 12.0. The van der Waals surface area contributed by atoms with Crippen LogP contribution in [0.5, 0.6) is 0 Å². The summed E-state index contributed by atoms with van der Waals surface area (Å²) < 4.78 is 0. The van der Waals surface area contributed by atoms with Crippen LogP contribution in [0.15, 0.2) is 24.3 Å². The van der Waals surface area contributed by atoms with Gasteiger partial charge in [-0.05, 0) is 30.7 Å². The molecule has 0 saturated carbocycles. The lowest BCUT2D eigenvalue weighted by Crippen LogP contribution is -2.31. The Labute approximate surface area is 94.3 Å². The number of hydrogen-bond donors (Lipinski definition) is 1. The van der Waals surface area contributed by atoms with E-state index in [0.717, 1.165) is 13.0 Å². The Balaban J connectivity index is 2.12. The lowest BCUT2D eigenvalue weighted by atomic mass is 10.1. The zero-order valence-corrected chi connectivity index (χ0v) is 8.89. The van der Waals surface area contributed by atoms with Gasteiger partial charge in [0.05, 0.1) is 11.6 Å². The Hall–Kier alpha value is -1.86. The van der Waals surface area contributed by atoms with Crippen molar-refractivity contribution in [2.24, 2.45) is 5.73 Å². The highest BCUT2D eigenvalue weighted by Gasteiger charge is 2.24. The lowest BCUT2D eigenvalue weighted by molar-refractivity contribution is 0.0791. The summed E-state index contributed by atoms with van der Waals surface area (Å²) in [5, 5.41) is 8.65. The fourth-order valence-corrected chi connectivity index (χ4v) is 1.84. The lowest BCUT2D eigenvalue weighted by Gasteiger charge is -2.15. The smallest absolute Gasteiger partial charge is 0.253 e. The Kier molecular flexibility index (Phi) is 2.88. The van der Waals surface area contributed by atoms with Crippen LogP contribution in [0.25, 0.3) is 0 Å². The number of nitrogens with two attached hydrogens (primary N) is 1. The summed E-state index contributed by atoms with van der Waals surface area (Å²) in [5.41, 5.74) is 6.93. The molecule has 2 rings (SSSR count). The van der Waals surface area contributed by atoms with Crippen LogP contribution in [0.2, 0.25) is 0 Å². The van der Waals surface area contributed by atoms with Gasteiger partial charge in [0.2, 0.25) is 0 Å². The summed E-state index contributed by atoms with van der Waals surface area (Å²) in [4.78, 5) is 13.7. The van der Waals surface area contributed by atoms with E-state index in [1.165, 1.54) is 0 Å². The van der Waals surface area contributed by atoms with Gasteiger partial charge in [-0.1, -0.05) is 0 Å². The molecule has 1 heterocycles. The molecule has 1 aromatic rings. The highest BCUT2D eigenvalue weighted by atomic mass is 16.2. The van der Waals surface area contributed by atoms with E-state index in [0.29, 0.717) is 17.7 Å². The van der Waals surface area contributed by atoms with Gasteiger partial charge < -0.3 is 10.6 Å². The molecule has 1 amide bonds. The molecule has 1 aliphatic heterocycles. The number of amides is 1. The molecule has 1 fully saturated rings. The predicted octanol–water partition coefficient (Wildman–Crippen LogP) is 0.731. The zero-order valence-electron chi connectivity index (χ0n) is 8.89. The number of hydrogen-bond acceptors (Lipinski definition) is 3. The van der Waals surface area contributed by atoms with Crippen molar-refractivity contribution in [1.29, 1.82) is 5.26 Å². The van der Waals surface area contributed by atoms with Crippen LogP contribution < -0.4 is 5.73 Å². The van der Waals surface area contributed by atoms with Gasteiger partial charge in [-0.3, -0.25) is 4.79 Å². The SMILES string of the molecule is N#Cc1ccc(C(=O)N2CC[C@H](N)C2)cc1. The van der Waals surface area contributed by atoms with Gasteiger partial charge in [0.15, 0.2) is 0 Å². The van der Waals surface area contributed by atoms with E-state index < -0.39 is 0 Å². The maximum absolute atomic E-state index is 12.0. The molecule has 1 atom stereocenters. The highest BCUT2D eigenvalue weighted by Crippen LogP contribution is 2.12. The third kappa shape index (κ3) is 2.05. The first kappa shape index (κ1) is 10.7. The Morgan fingerprint density at radius 1 is 1.44 bits per heavy atom. The molecule has 0 aromatic heterocycles. The number of rotatable bonds is 1. The molecule has 0 spiro atoms. The van der Waals surface area contributed by atoms with Crippen molar-refractivity contribution < 1.29 is 4.79 Å². The second-order valence-electron chi connectivity index (χ2n) is 3.99.